The zero-order chi connectivity index (χ0) is 14.5. The number of fused-ring (bicyclic) bond motifs is 1. The third kappa shape index (κ3) is 3.37. The lowest BCUT2D eigenvalue weighted by atomic mass is 10.0. The average Bonchev–Trinajstić information content (AvgIpc) is 2.54. The van der Waals surface area contributed by atoms with Gasteiger partial charge in [-0.25, -0.2) is 0 Å². The van der Waals surface area contributed by atoms with Crippen LogP contribution in [0.5, 0.6) is 0 Å². The summed E-state index contributed by atoms with van der Waals surface area (Å²) in [5.41, 5.74) is 3.74. The van der Waals surface area contributed by atoms with Crippen molar-refractivity contribution in [2.24, 2.45) is 0 Å². The fourth-order valence-electron chi connectivity index (χ4n) is 2.54. The van der Waals surface area contributed by atoms with Gasteiger partial charge in [-0.1, -0.05) is 54.6 Å². The second kappa shape index (κ2) is 6.64. The summed E-state index contributed by atoms with van der Waals surface area (Å²) < 4.78 is 0. The lowest BCUT2D eigenvalue weighted by Crippen LogP contribution is -2.00. The molecular formula is C19H18ClN. The Bertz CT molecular complexity index is 714. The van der Waals surface area contributed by atoms with E-state index in [1.165, 1.54) is 21.9 Å². The van der Waals surface area contributed by atoms with Crippen LogP contribution < -0.4 is 5.32 Å². The van der Waals surface area contributed by atoms with E-state index in [0.717, 1.165) is 18.7 Å². The SMILES string of the molecule is ClCCc1ccc(NCc2cccc3ccccc23)cc1. The van der Waals surface area contributed by atoms with Crippen LogP contribution in [0.4, 0.5) is 5.69 Å². The second-order valence-electron chi connectivity index (χ2n) is 5.13. The highest BCUT2D eigenvalue weighted by Crippen LogP contribution is 2.20. The van der Waals surface area contributed by atoms with Gasteiger partial charge in [0.1, 0.15) is 0 Å². The van der Waals surface area contributed by atoms with E-state index in [1.807, 2.05) is 0 Å². The maximum Gasteiger partial charge on any atom is 0.0406 e. The summed E-state index contributed by atoms with van der Waals surface area (Å²) in [6.07, 6.45) is 0.922. The van der Waals surface area contributed by atoms with Crippen LogP contribution in [0.2, 0.25) is 0 Å². The average molecular weight is 296 g/mol. The van der Waals surface area contributed by atoms with Gasteiger partial charge in [-0.3, -0.25) is 0 Å². The molecule has 0 heterocycles. The summed E-state index contributed by atoms with van der Waals surface area (Å²) in [6, 6.07) is 23.4. The monoisotopic (exact) mass is 295 g/mol. The van der Waals surface area contributed by atoms with E-state index in [9.17, 15) is 0 Å². The van der Waals surface area contributed by atoms with E-state index >= 15 is 0 Å². The van der Waals surface area contributed by atoms with Crippen molar-refractivity contribution >= 4 is 28.1 Å². The van der Waals surface area contributed by atoms with E-state index < -0.39 is 0 Å². The first-order valence-corrected chi connectivity index (χ1v) is 7.76. The highest BCUT2D eigenvalue weighted by atomic mass is 35.5. The number of benzene rings is 3. The van der Waals surface area contributed by atoms with Gasteiger partial charge in [-0.2, -0.15) is 0 Å². The Morgan fingerprint density at radius 3 is 2.38 bits per heavy atom. The Kier molecular flexibility index (Phi) is 4.42. The van der Waals surface area contributed by atoms with Gasteiger partial charge in [0, 0.05) is 18.1 Å². The smallest absolute Gasteiger partial charge is 0.0406 e. The molecular weight excluding hydrogens is 278 g/mol. The molecule has 0 radical (unpaired) electrons. The molecule has 3 aromatic carbocycles. The molecule has 106 valence electrons. The van der Waals surface area contributed by atoms with Crippen LogP contribution in [0.25, 0.3) is 10.8 Å². The fraction of sp³-hybridized carbons (Fsp3) is 0.158. The Hall–Kier alpha value is -1.99. The molecule has 3 rings (SSSR count). The molecule has 0 atom stereocenters. The summed E-state index contributed by atoms with van der Waals surface area (Å²) in [6.45, 7) is 0.830. The summed E-state index contributed by atoms with van der Waals surface area (Å²) >= 11 is 5.76. The predicted octanol–water partition coefficient (Wildman–Crippen LogP) is 5.23. The molecule has 3 aromatic rings. The van der Waals surface area contributed by atoms with Crippen LogP contribution in [0.1, 0.15) is 11.1 Å². The summed E-state index contributed by atoms with van der Waals surface area (Å²) in [5, 5.41) is 6.09. The molecule has 0 bridgehead atoms. The molecule has 0 aliphatic rings. The van der Waals surface area contributed by atoms with Crippen LogP contribution in [0, 0.1) is 0 Å². The quantitative estimate of drug-likeness (QED) is 0.635. The molecule has 0 saturated carbocycles. The van der Waals surface area contributed by atoms with Crippen LogP contribution in [0.3, 0.4) is 0 Å². The van der Waals surface area contributed by atoms with Gasteiger partial charge in [-0.15, -0.1) is 11.6 Å². The van der Waals surface area contributed by atoms with Crippen LogP contribution >= 0.6 is 11.6 Å². The first-order chi connectivity index (χ1) is 10.4. The first kappa shape index (κ1) is 14.0. The zero-order valence-corrected chi connectivity index (χ0v) is 12.6. The second-order valence-corrected chi connectivity index (χ2v) is 5.51. The lowest BCUT2D eigenvalue weighted by Gasteiger charge is -2.10. The van der Waals surface area contributed by atoms with Gasteiger partial charge < -0.3 is 5.32 Å². The van der Waals surface area contributed by atoms with Gasteiger partial charge in [0.15, 0.2) is 0 Å². The number of aryl methyl sites for hydroxylation is 1. The minimum Gasteiger partial charge on any atom is -0.381 e. The van der Waals surface area contributed by atoms with E-state index in [0.29, 0.717) is 5.88 Å². The molecule has 0 spiro atoms. The normalized spacial score (nSPS) is 10.7. The van der Waals surface area contributed by atoms with E-state index in [-0.39, 0.29) is 0 Å². The van der Waals surface area contributed by atoms with Crippen molar-refractivity contribution in [1.82, 2.24) is 0 Å². The van der Waals surface area contributed by atoms with Crippen molar-refractivity contribution in [3.05, 3.63) is 77.9 Å². The predicted molar refractivity (Wildman–Crippen MR) is 92.1 cm³/mol. The lowest BCUT2D eigenvalue weighted by molar-refractivity contribution is 1.13. The van der Waals surface area contributed by atoms with E-state index in [4.69, 9.17) is 11.6 Å². The third-order valence-corrected chi connectivity index (χ3v) is 3.89. The minimum atomic E-state index is 0.669. The molecule has 0 fully saturated rings. The van der Waals surface area contributed by atoms with Crippen LogP contribution in [0.15, 0.2) is 66.7 Å². The summed E-state index contributed by atoms with van der Waals surface area (Å²) in [7, 11) is 0. The molecule has 0 aliphatic carbocycles. The molecule has 0 amide bonds. The number of anilines is 1. The van der Waals surface area contributed by atoms with Gasteiger partial charge >= 0.3 is 0 Å². The summed E-state index contributed by atoms with van der Waals surface area (Å²) in [5.74, 6) is 0.669. The van der Waals surface area contributed by atoms with E-state index in [1.54, 1.807) is 0 Å². The van der Waals surface area contributed by atoms with Gasteiger partial charge in [0.2, 0.25) is 0 Å². The number of hydrogen-bond donors (Lipinski definition) is 1. The van der Waals surface area contributed by atoms with Crippen molar-refractivity contribution in [3.8, 4) is 0 Å². The summed E-state index contributed by atoms with van der Waals surface area (Å²) in [4.78, 5) is 0. The van der Waals surface area contributed by atoms with Crippen molar-refractivity contribution in [1.29, 1.82) is 0 Å². The minimum absolute atomic E-state index is 0.669. The molecule has 1 N–H and O–H groups in total. The van der Waals surface area contributed by atoms with Gasteiger partial charge in [0.05, 0.1) is 0 Å². The number of halogens is 1. The van der Waals surface area contributed by atoms with Crippen LogP contribution in [-0.2, 0) is 13.0 Å². The Morgan fingerprint density at radius 2 is 1.57 bits per heavy atom. The topological polar surface area (TPSA) is 12.0 Å². The van der Waals surface area contributed by atoms with Gasteiger partial charge in [-0.05, 0) is 40.5 Å². The van der Waals surface area contributed by atoms with Crippen molar-refractivity contribution in [3.63, 3.8) is 0 Å². The zero-order valence-electron chi connectivity index (χ0n) is 11.9. The standard InChI is InChI=1S/C19H18ClN/c20-13-12-15-8-10-18(11-9-15)21-14-17-6-3-5-16-4-1-2-7-19(16)17/h1-11,21H,12-14H2. The highest BCUT2D eigenvalue weighted by molar-refractivity contribution is 6.17. The largest absolute Gasteiger partial charge is 0.381 e. The molecule has 2 heteroatoms. The Morgan fingerprint density at radius 1 is 0.810 bits per heavy atom. The number of hydrogen-bond acceptors (Lipinski definition) is 1. The molecule has 0 saturated heterocycles. The number of nitrogens with one attached hydrogen (secondary N) is 1. The first-order valence-electron chi connectivity index (χ1n) is 7.22. The van der Waals surface area contributed by atoms with Crippen molar-refractivity contribution < 1.29 is 0 Å². The Labute approximate surface area is 130 Å². The van der Waals surface area contributed by atoms with E-state index in [2.05, 4.69) is 72.0 Å². The maximum atomic E-state index is 5.76. The third-order valence-electron chi connectivity index (χ3n) is 3.70. The molecule has 0 unspecified atom stereocenters. The molecule has 21 heavy (non-hydrogen) atoms. The van der Waals surface area contributed by atoms with Gasteiger partial charge in [0.25, 0.3) is 0 Å². The van der Waals surface area contributed by atoms with Crippen molar-refractivity contribution in [2.45, 2.75) is 13.0 Å². The highest BCUT2D eigenvalue weighted by Gasteiger charge is 2.00. The maximum absolute atomic E-state index is 5.76. The molecule has 1 nitrogen and oxygen atoms in total. The van der Waals surface area contributed by atoms with Crippen LogP contribution in [-0.4, -0.2) is 5.88 Å². The Balaban J connectivity index is 1.74. The number of rotatable bonds is 5. The molecule has 0 aliphatic heterocycles. The molecule has 0 aromatic heterocycles. The van der Waals surface area contributed by atoms with Crippen molar-refractivity contribution in [2.75, 3.05) is 11.2 Å². The fourth-order valence-corrected chi connectivity index (χ4v) is 2.76. The number of alkyl halides is 1.